The molecule has 3 heterocycles. The third-order valence-corrected chi connectivity index (χ3v) is 4.78. The van der Waals surface area contributed by atoms with E-state index in [4.69, 9.17) is 4.74 Å². The number of hydrogen-bond donors (Lipinski definition) is 2. The maximum atomic E-state index is 13.2. The molecule has 0 fully saturated rings. The Morgan fingerprint density at radius 2 is 2.00 bits per heavy atom. The Morgan fingerprint density at radius 3 is 2.79 bits per heavy atom. The van der Waals surface area contributed by atoms with E-state index in [0.717, 1.165) is 17.0 Å². The smallest absolute Gasteiger partial charge is 0.339 e. The molecule has 2 aromatic heterocycles. The first-order chi connectivity index (χ1) is 13.7. The summed E-state index contributed by atoms with van der Waals surface area (Å²) in [6, 6.07) is 9.85. The van der Waals surface area contributed by atoms with Gasteiger partial charge in [0.2, 0.25) is 0 Å². The molecule has 1 aliphatic heterocycles. The van der Waals surface area contributed by atoms with Crippen molar-refractivity contribution in [2.24, 2.45) is 0 Å². The number of nitrogens with one attached hydrogen (secondary N) is 2. The zero-order valence-electron chi connectivity index (χ0n) is 15.3. The van der Waals surface area contributed by atoms with Crippen LogP contribution >= 0.6 is 0 Å². The van der Waals surface area contributed by atoms with E-state index in [0.29, 0.717) is 24.2 Å². The fourth-order valence-corrected chi connectivity index (χ4v) is 3.45. The number of ether oxygens (including phenoxy) is 1. The molecule has 142 valence electrons. The van der Waals surface area contributed by atoms with E-state index in [2.05, 4.69) is 20.3 Å². The van der Waals surface area contributed by atoms with Crippen LogP contribution in [-0.4, -0.2) is 45.5 Å². The summed E-state index contributed by atoms with van der Waals surface area (Å²) in [5.41, 5.74) is 3.45. The molecule has 2 amide bonds. The van der Waals surface area contributed by atoms with E-state index in [1.165, 1.54) is 7.11 Å². The highest BCUT2D eigenvalue weighted by Crippen LogP contribution is 2.33. The van der Waals surface area contributed by atoms with Gasteiger partial charge in [-0.05, 0) is 29.8 Å². The predicted octanol–water partition coefficient (Wildman–Crippen LogP) is 2.77. The quantitative estimate of drug-likeness (QED) is 0.684. The Balaban J connectivity index is 1.67. The minimum atomic E-state index is -0.505. The molecule has 28 heavy (non-hydrogen) atoms. The monoisotopic (exact) mass is 377 g/mol. The summed E-state index contributed by atoms with van der Waals surface area (Å²) in [6.07, 6.45) is 5.70. The van der Waals surface area contributed by atoms with Gasteiger partial charge in [0.15, 0.2) is 0 Å². The first-order valence-corrected chi connectivity index (χ1v) is 8.86. The Morgan fingerprint density at radius 1 is 1.21 bits per heavy atom. The summed E-state index contributed by atoms with van der Waals surface area (Å²) >= 11 is 0. The molecule has 8 nitrogen and oxygen atoms in total. The van der Waals surface area contributed by atoms with Crippen molar-refractivity contribution in [1.29, 1.82) is 0 Å². The van der Waals surface area contributed by atoms with Gasteiger partial charge < -0.3 is 19.9 Å². The van der Waals surface area contributed by atoms with Crippen molar-refractivity contribution in [3.05, 3.63) is 77.6 Å². The highest BCUT2D eigenvalue weighted by atomic mass is 16.5. The molecule has 0 radical (unpaired) electrons. The molecule has 3 aromatic rings. The number of carbonyl (C=O) groups excluding carboxylic acids is 2. The lowest BCUT2D eigenvalue weighted by atomic mass is 9.97. The SMILES string of the molecule is COC(=O)c1ccccc1NC(=O)N1CCc2[nH]cnc2C1c1ccncc1. The first kappa shape index (κ1) is 17.7. The molecular weight excluding hydrogens is 358 g/mol. The Kier molecular flexibility index (Phi) is 4.76. The third-order valence-electron chi connectivity index (χ3n) is 4.78. The summed E-state index contributed by atoms with van der Waals surface area (Å²) in [6.45, 7) is 0.508. The first-order valence-electron chi connectivity index (χ1n) is 8.86. The minimum Gasteiger partial charge on any atom is -0.465 e. The number of imidazole rings is 1. The van der Waals surface area contributed by atoms with E-state index in [1.54, 1.807) is 47.9 Å². The largest absolute Gasteiger partial charge is 0.465 e. The van der Waals surface area contributed by atoms with Gasteiger partial charge in [0, 0.05) is 31.1 Å². The number of aromatic amines is 1. The fraction of sp³-hybridized carbons (Fsp3) is 0.200. The van der Waals surface area contributed by atoms with Gasteiger partial charge in [-0.1, -0.05) is 12.1 Å². The number of urea groups is 1. The van der Waals surface area contributed by atoms with E-state index >= 15 is 0 Å². The third kappa shape index (κ3) is 3.20. The maximum absolute atomic E-state index is 13.2. The van der Waals surface area contributed by atoms with E-state index in [9.17, 15) is 9.59 Å². The lowest BCUT2D eigenvalue weighted by molar-refractivity contribution is 0.0602. The van der Waals surface area contributed by atoms with Crippen LogP contribution in [0.4, 0.5) is 10.5 Å². The summed E-state index contributed by atoms with van der Waals surface area (Å²) in [4.78, 5) is 38.5. The standard InChI is InChI=1S/C20H19N5O3/c1-28-19(26)14-4-2-3-5-15(14)24-20(27)25-11-8-16-17(23-12-22-16)18(25)13-6-9-21-10-7-13/h2-7,9-10,12,18H,8,11H2,1H3,(H,22,23)(H,24,27). The zero-order chi connectivity index (χ0) is 19.5. The summed E-state index contributed by atoms with van der Waals surface area (Å²) in [7, 11) is 1.31. The molecule has 0 bridgehead atoms. The van der Waals surface area contributed by atoms with Crippen molar-refractivity contribution >= 4 is 17.7 Å². The van der Waals surface area contributed by atoms with Gasteiger partial charge in [-0.2, -0.15) is 0 Å². The molecule has 1 atom stereocenters. The van der Waals surface area contributed by atoms with Crippen molar-refractivity contribution < 1.29 is 14.3 Å². The van der Waals surface area contributed by atoms with Crippen LogP contribution in [0.15, 0.2) is 55.1 Å². The molecule has 1 unspecified atom stereocenters. The second-order valence-corrected chi connectivity index (χ2v) is 6.36. The van der Waals surface area contributed by atoms with E-state index < -0.39 is 5.97 Å². The number of nitrogens with zero attached hydrogens (tertiary/aromatic N) is 3. The number of amides is 2. The Hall–Kier alpha value is -3.68. The molecule has 0 saturated carbocycles. The summed E-state index contributed by atoms with van der Waals surface area (Å²) < 4.78 is 4.81. The average molecular weight is 377 g/mol. The number of hydrogen-bond acceptors (Lipinski definition) is 5. The molecule has 0 saturated heterocycles. The number of fused-ring (bicyclic) bond motifs is 1. The fourth-order valence-electron chi connectivity index (χ4n) is 3.45. The van der Waals surface area contributed by atoms with Crippen molar-refractivity contribution in [3.8, 4) is 0 Å². The van der Waals surface area contributed by atoms with Crippen molar-refractivity contribution in [2.45, 2.75) is 12.5 Å². The maximum Gasteiger partial charge on any atom is 0.339 e. The highest BCUT2D eigenvalue weighted by Gasteiger charge is 2.34. The van der Waals surface area contributed by atoms with Crippen LogP contribution < -0.4 is 5.32 Å². The van der Waals surface area contributed by atoms with Gasteiger partial charge >= 0.3 is 12.0 Å². The number of esters is 1. The van der Waals surface area contributed by atoms with Gasteiger partial charge in [-0.3, -0.25) is 4.98 Å². The van der Waals surface area contributed by atoms with Gasteiger partial charge in [0.1, 0.15) is 6.04 Å². The molecule has 2 N–H and O–H groups in total. The average Bonchev–Trinajstić information content (AvgIpc) is 3.22. The molecule has 1 aromatic carbocycles. The zero-order valence-corrected chi connectivity index (χ0v) is 15.3. The number of benzene rings is 1. The van der Waals surface area contributed by atoms with Crippen LogP contribution in [0, 0.1) is 0 Å². The number of para-hydroxylation sites is 1. The molecule has 0 aliphatic carbocycles. The van der Waals surface area contributed by atoms with Gasteiger partial charge in [0.05, 0.1) is 30.4 Å². The van der Waals surface area contributed by atoms with Crippen LogP contribution in [0.5, 0.6) is 0 Å². The van der Waals surface area contributed by atoms with Crippen LogP contribution in [0.3, 0.4) is 0 Å². The van der Waals surface area contributed by atoms with Gasteiger partial charge in [0.25, 0.3) is 0 Å². The van der Waals surface area contributed by atoms with Crippen LogP contribution in [0.2, 0.25) is 0 Å². The van der Waals surface area contributed by atoms with E-state index in [1.807, 2.05) is 12.1 Å². The van der Waals surface area contributed by atoms with E-state index in [-0.39, 0.29) is 12.1 Å². The van der Waals surface area contributed by atoms with Crippen LogP contribution in [-0.2, 0) is 11.2 Å². The molecule has 1 aliphatic rings. The van der Waals surface area contributed by atoms with Gasteiger partial charge in [-0.25, -0.2) is 14.6 Å². The number of aromatic nitrogens is 3. The topological polar surface area (TPSA) is 100 Å². The predicted molar refractivity (Wildman–Crippen MR) is 102 cm³/mol. The van der Waals surface area contributed by atoms with Crippen molar-refractivity contribution in [3.63, 3.8) is 0 Å². The van der Waals surface area contributed by atoms with Crippen molar-refractivity contribution in [1.82, 2.24) is 19.9 Å². The second-order valence-electron chi connectivity index (χ2n) is 6.36. The number of carbonyl (C=O) groups is 2. The number of H-pyrrole nitrogens is 1. The lowest BCUT2D eigenvalue weighted by Crippen LogP contribution is -2.43. The number of pyridine rings is 1. The lowest BCUT2D eigenvalue weighted by Gasteiger charge is -2.35. The summed E-state index contributed by atoms with van der Waals surface area (Å²) in [5.74, 6) is -0.505. The van der Waals surface area contributed by atoms with Crippen LogP contribution in [0.25, 0.3) is 0 Å². The Labute approximate surface area is 161 Å². The van der Waals surface area contributed by atoms with Gasteiger partial charge in [-0.15, -0.1) is 0 Å². The molecular formula is C20H19N5O3. The second kappa shape index (κ2) is 7.51. The normalized spacial score (nSPS) is 15.6. The van der Waals surface area contributed by atoms with Crippen LogP contribution in [0.1, 0.15) is 33.4 Å². The summed E-state index contributed by atoms with van der Waals surface area (Å²) in [5, 5.41) is 2.85. The minimum absolute atomic E-state index is 0.302. The number of methoxy groups -OCH3 is 1. The highest BCUT2D eigenvalue weighted by molar-refractivity contribution is 6.01. The molecule has 8 heteroatoms. The number of anilines is 1. The number of rotatable bonds is 3. The molecule has 4 rings (SSSR count). The Bertz CT molecular complexity index is 1000. The molecule has 0 spiro atoms. The van der Waals surface area contributed by atoms with Crippen molar-refractivity contribution in [2.75, 3.05) is 19.0 Å².